The van der Waals surface area contributed by atoms with Crippen LogP contribution in [0.15, 0.2) is 16.7 Å². The zero-order valence-electron chi connectivity index (χ0n) is 7.43. The van der Waals surface area contributed by atoms with Crippen molar-refractivity contribution in [1.29, 1.82) is 0 Å². The van der Waals surface area contributed by atoms with E-state index in [1.165, 1.54) is 6.07 Å². The maximum Gasteiger partial charge on any atom is 0.147 e. The second kappa shape index (κ2) is 4.67. The molecule has 0 aliphatic rings. The van der Waals surface area contributed by atoms with Gasteiger partial charge in [0.15, 0.2) is 0 Å². The summed E-state index contributed by atoms with van der Waals surface area (Å²) in [4.78, 5) is 3.95. The van der Waals surface area contributed by atoms with Crippen molar-refractivity contribution >= 4 is 15.9 Å². The SMILES string of the molecule is CCC[C@H](N)c1ncc(Br)cc1F. The summed E-state index contributed by atoms with van der Waals surface area (Å²) in [7, 11) is 0. The minimum atomic E-state index is -0.338. The van der Waals surface area contributed by atoms with Crippen molar-refractivity contribution in [2.45, 2.75) is 25.8 Å². The quantitative estimate of drug-likeness (QED) is 0.891. The van der Waals surface area contributed by atoms with Gasteiger partial charge in [0.1, 0.15) is 5.82 Å². The summed E-state index contributed by atoms with van der Waals surface area (Å²) in [6.45, 7) is 2.01. The van der Waals surface area contributed by atoms with Crippen LogP contribution in [-0.4, -0.2) is 4.98 Å². The molecule has 0 radical (unpaired) electrons. The molecule has 1 rings (SSSR count). The molecule has 2 nitrogen and oxygen atoms in total. The summed E-state index contributed by atoms with van der Waals surface area (Å²) < 4.78 is 13.9. The molecule has 0 aromatic carbocycles. The van der Waals surface area contributed by atoms with E-state index in [9.17, 15) is 4.39 Å². The Morgan fingerprint density at radius 2 is 2.38 bits per heavy atom. The topological polar surface area (TPSA) is 38.9 Å². The smallest absolute Gasteiger partial charge is 0.147 e. The highest BCUT2D eigenvalue weighted by atomic mass is 79.9. The Bertz CT molecular complexity index is 291. The van der Waals surface area contributed by atoms with Crippen LogP contribution in [-0.2, 0) is 0 Å². The first-order valence-corrected chi connectivity index (χ1v) is 5.01. The van der Waals surface area contributed by atoms with Crippen LogP contribution in [0.1, 0.15) is 31.5 Å². The fraction of sp³-hybridized carbons (Fsp3) is 0.444. The molecule has 0 saturated heterocycles. The summed E-state index contributed by atoms with van der Waals surface area (Å²) in [6, 6.07) is 1.09. The average molecular weight is 247 g/mol. The lowest BCUT2D eigenvalue weighted by Gasteiger charge is -2.10. The fourth-order valence-electron chi connectivity index (χ4n) is 1.15. The van der Waals surface area contributed by atoms with Crippen molar-refractivity contribution in [3.05, 3.63) is 28.2 Å². The summed E-state index contributed by atoms with van der Waals surface area (Å²) in [5.74, 6) is -0.338. The van der Waals surface area contributed by atoms with Crippen LogP contribution in [0.3, 0.4) is 0 Å². The fourth-order valence-corrected chi connectivity index (χ4v) is 1.45. The first-order valence-electron chi connectivity index (χ1n) is 4.21. The predicted octanol–water partition coefficient (Wildman–Crippen LogP) is 2.78. The average Bonchev–Trinajstić information content (AvgIpc) is 2.04. The summed E-state index contributed by atoms with van der Waals surface area (Å²) in [5, 5.41) is 0. The van der Waals surface area contributed by atoms with Crippen molar-refractivity contribution < 1.29 is 4.39 Å². The Hall–Kier alpha value is -0.480. The third kappa shape index (κ3) is 2.74. The normalized spacial score (nSPS) is 12.9. The lowest BCUT2D eigenvalue weighted by atomic mass is 10.1. The molecule has 13 heavy (non-hydrogen) atoms. The zero-order chi connectivity index (χ0) is 9.84. The van der Waals surface area contributed by atoms with E-state index in [1.807, 2.05) is 6.92 Å². The van der Waals surface area contributed by atoms with Gasteiger partial charge in [-0.25, -0.2) is 4.39 Å². The molecule has 4 heteroatoms. The summed E-state index contributed by atoms with van der Waals surface area (Å²) >= 11 is 3.14. The van der Waals surface area contributed by atoms with Gasteiger partial charge in [0.25, 0.3) is 0 Å². The molecule has 72 valence electrons. The van der Waals surface area contributed by atoms with Gasteiger partial charge in [0.2, 0.25) is 0 Å². The first-order chi connectivity index (χ1) is 6.15. The van der Waals surface area contributed by atoms with Crippen molar-refractivity contribution in [3.8, 4) is 0 Å². The highest BCUT2D eigenvalue weighted by molar-refractivity contribution is 9.10. The van der Waals surface area contributed by atoms with Crippen molar-refractivity contribution in [3.63, 3.8) is 0 Å². The molecule has 0 unspecified atom stereocenters. The predicted molar refractivity (Wildman–Crippen MR) is 53.7 cm³/mol. The van der Waals surface area contributed by atoms with E-state index >= 15 is 0 Å². The van der Waals surface area contributed by atoms with Gasteiger partial charge in [-0.05, 0) is 28.4 Å². The molecule has 0 aliphatic heterocycles. The monoisotopic (exact) mass is 246 g/mol. The van der Waals surface area contributed by atoms with E-state index in [1.54, 1.807) is 6.20 Å². The van der Waals surface area contributed by atoms with Crippen LogP contribution in [0.2, 0.25) is 0 Å². The lowest BCUT2D eigenvalue weighted by molar-refractivity contribution is 0.542. The van der Waals surface area contributed by atoms with E-state index in [-0.39, 0.29) is 11.9 Å². The molecule has 1 atom stereocenters. The summed E-state index contributed by atoms with van der Waals surface area (Å²) in [5.41, 5.74) is 6.09. The van der Waals surface area contributed by atoms with Crippen molar-refractivity contribution in [2.75, 3.05) is 0 Å². The molecule has 0 bridgehead atoms. The van der Waals surface area contributed by atoms with Gasteiger partial charge in [-0.3, -0.25) is 4.98 Å². The second-order valence-corrected chi connectivity index (χ2v) is 3.83. The zero-order valence-corrected chi connectivity index (χ0v) is 9.01. The van der Waals surface area contributed by atoms with Gasteiger partial charge < -0.3 is 5.73 Å². The maximum absolute atomic E-state index is 13.3. The molecule has 0 spiro atoms. The molecule has 1 aromatic heterocycles. The third-order valence-corrected chi connectivity index (χ3v) is 2.22. The van der Waals surface area contributed by atoms with Crippen LogP contribution >= 0.6 is 15.9 Å². The van der Waals surface area contributed by atoms with Crippen LogP contribution in [0.25, 0.3) is 0 Å². The van der Waals surface area contributed by atoms with Gasteiger partial charge in [-0.1, -0.05) is 13.3 Å². The van der Waals surface area contributed by atoms with E-state index in [4.69, 9.17) is 5.73 Å². The highest BCUT2D eigenvalue weighted by Crippen LogP contribution is 2.19. The molecular weight excluding hydrogens is 235 g/mol. The van der Waals surface area contributed by atoms with Gasteiger partial charge in [-0.2, -0.15) is 0 Å². The number of nitrogens with zero attached hydrogens (tertiary/aromatic N) is 1. The molecule has 2 N–H and O–H groups in total. The van der Waals surface area contributed by atoms with E-state index < -0.39 is 0 Å². The molecule has 1 aromatic rings. The van der Waals surface area contributed by atoms with E-state index in [0.29, 0.717) is 10.2 Å². The summed E-state index contributed by atoms with van der Waals surface area (Å²) in [6.07, 6.45) is 3.25. The van der Waals surface area contributed by atoms with E-state index in [2.05, 4.69) is 20.9 Å². The Morgan fingerprint density at radius 3 is 2.92 bits per heavy atom. The number of halogens is 2. The number of aromatic nitrogens is 1. The van der Waals surface area contributed by atoms with Crippen LogP contribution in [0, 0.1) is 5.82 Å². The van der Waals surface area contributed by atoms with E-state index in [0.717, 1.165) is 12.8 Å². The molecule has 0 amide bonds. The van der Waals surface area contributed by atoms with Crippen molar-refractivity contribution in [2.24, 2.45) is 5.73 Å². The van der Waals surface area contributed by atoms with Crippen LogP contribution in [0.4, 0.5) is 4.39 Å². The molecule has 0 saturated carbocycles. The Morgan fingerprint density at radius 1 is 1.69 bits per heavy atom. The van der Waals surface area contributed by atoms with Crippen LogP contribution < -0.4 is 5.73 Å². The molecule has 0 aliphatic carbocycles. The minimum absolute atomic E-state index is 0.293. The minimum Gasteiger partial charge on any atom is -0.323 e. The largest absolute Gasteiger partial charge is 0.323 e. The van der Waals surface area contributed by atoms with Gasteiger partial charge in [0.05, 0.1) is 5.69 Å². The third-order valence-electron chi connectivity index (χ3n) is 1.79. The highest BCUT2D eigenvalue weighted by Gasteiger charge is 2.11. The van der Waals surface area contributed by atoms with Gasteiger partial charge in [-0.15, -0.1) is 0 Å². The number of hydrogen-bond acceptors (Lipinski definition) is 2. The molecule has 0 fully saturated rings. The molecule has 1 heterocycles. The maximum atomic E-state index is 13.3. The number of pyridine rings is 1. The Kier molecular flexibility index (Phi) is 3.81. The Balaban J connectivity index is 2.88. The second-order valence-electron chi connectivity index (χ2n) is 2.92. The van der Waals surface area contributed by atoms with Crippen molar-refractivity contribution in [1.82, 2.24) is 4.98 Å². The Labute approximate surface area is 85.5 Å². The number of hydrogen-bond donors (Lipinski definition) is 1. The first kappa shape index (κ1) is 10.6. The number of rotatable bonds is 3. The van der Waals surface area contributed by atoms with Crippen LogP contribution in [0.5, 0.6) is 0 Å². The number of nitrogens with two attached hydrogens (primary N) is 1. The molecular formula is C9H12BrFN2. The lowest BCUT2D eigenvalue weighted by Crippen LogP contribution is -2.13. The van der Waals surface area contributed by atoms with Gasteiger partial charge in [0, 0.05) is 16.7 Å². The standard InChI is InChI=1S/C9H12BrFN2/c1-2-3-8(12)9-7(11)4-6(10)5-13-9/h4-5,8H,2-3,12H2,1H3/t8-/m0/s1. The van der Waals surface area contributed by atoms with Gasteiger partial charge >= 0.3 is 0 Å².